The van der Waals surface area contributed by atoms with E-state index < -0.39 is 11.0 Å². The number of halogens is 1. The third kappa shape index (κ3) is 2.02. The number of ether oxygens (including phenoxy) is 1. The summed E-state index contributed by atoms with van der Waals surface area (Å²) in [5.74, 6) is 0.148. The van der Waals surface area contributed by atoms with Crippen molar-refractivity contribution in [3.05, 3.63) is 26.9 Å². The Bertz CT molecular complexity index is 603. The van der Waals surface area contributed by atoms with E-state index in [4.69, 9.17) is 20.8 Å². The summed E-state index contributed by atoms with van der Waals surface area (Å²) in [4.78, 5) is 21.5. The van der Waals surface area contributed by atoms with Crippen molar-refractivity contribution in [2.24, 2.45) is 0 Å². The fourth-order valence-corrected chi connectivity index (χ4v) is 2.06. The molecule has 0 unspecified atom stereocenters. The second-order valence-corrected chi connectivity index (χ2v) is 4.21. The van der Waals surface area contributed by atoms with E-state index in [1.807, 2.05) is 0 Å². The minimum atomic E-state index is -0.640. The zero-order valence-corrected chi connectivity index (χ0v) is 9.65. The van der Waals surface area contributed by atoms with E-state index in [9.17, 15) is 9.59 Å². The number of hydrogen-bond acceptors (Lipinski definition) is 5. The van der Waals surface area contributed by atoms with Crippen LogP contribution in [0, 0.1) is 0 Å². The molecule has 0 saturated carbocycles. The van der Waals surface area contributed by atoms with Crippen LogP contribution in [-0.2, 0) is 0 Å². The predicted octanol–water partition coefficient (Wildman–Crippen LogP) is 2.23. The lowest BCUT2D eigenvalue weighted by molar-refractivity contribution is 0.203. The molecular weight excluding hydrogens is 254 g/mol. The Morgan fingerprint density at radius 1 is 1.56 bits per heavy atom. The van der Waals surface area contributed by atoms with Gasteiger partial charge >= 0.3 is 11.0 Å². The SMILES string of the molecule is CNC(=O)Oc1cc2oc(=O)sc2cc1Cl. The molecule has 84 valence electrons. The average Bonchev–Trinajstić information content (AvgIpc) is 2.58. The molecule has 1 aromatic heterocycles. The van der Waals surface area contributed by atoms with Crippen LogP contribution in [0.4, 0.5) is 4.79 Å². The topological polar surface area (TPSA) is 68.5 Å². The molecule has 0 bridgehead atoms. The lowest BCUT2D eigenvalue weighted by Crippen LogP contribution is -2.22. The van der Waals surface area contributed by atoms with E-state index in [1.165, 1.54) is 19.2 Å². The lowest BCUT2D eigenvalue weighted by atomic mass is 10.3. The van der Waals surface area contributed by atoms with Gasteiger partial charge in [0, 0.05) is 13.1 Å². The molecule has 0 radical (unpaired) electrons. The first-order valence-electron chi connectivity index (χ1n) is 4.23. The number of rotatable bonds is 1. The predicted molar refractivity (Wildman–Crippen MR) is 60.5 cm³/mol. The molecule has 2 rings (SSSR count). The van der Waals surface area contributed by atoms with Crippen LogP contribution in [0.1, 0.15) is 0 Å². The molecule has 7 heteroatoms. The number of benzene rings is 1. The number of carbonyl (C=O) groups is 1. The highest BCUT2D eigenvalue weighted by Gasteiger charge is 2.11. The first kappa shape index (κ1) is 11.0. The zero-order valence-electron chi connectivity index (χ0n) is 8.07. The van der Waals surface area contributed by atoms with E-state index in [0.717, 1.165) is 11.3 Å². The van der Waals surface area contributed by atoms with Crippen molar-refractivity contribution in [2.75, 3.05) is 7.05 Å². The van der Waals surface area contributed by atoms with Crippen LogP contribution < -0.4 is 15.0 Å². The third-order valence-electron chi connectivity index (χ3n) is 1.79. The Morgan fingerprint density at radius 2 is 2.31 bits per heavy atom. The maximum absolute atomic E-state index is 11.0. The molecule has 0 saturated heterocycles. The Balaban J connectivity index is 2.49. The summed E-state index contributed by atoms with van der Waals surface area (Å²) in [5.41, 5.74) is 0.346. The summed E-state index contributed by atoms with van der Waals surface area (Å²) < 4.78 is 10.4. The molecule has 16 heavy (non-hydrogen) atoms. The van der Waals surface area contributed by atoms with Gasteiger partial charge in [-0.1, -0.05) is 22.9 Å². The van der Waals surface area contributed by atoms with Crippen molar-refractivity contribution >= 4 is 39.3 Å². The molecule has 0 spiro atoms. The van der Waals surface area contributed by atoms with Crippen LogP contribution in [0.2, 0.25) is 5.02 Å². The van der Waals surface area contributed by atoms with Crippen molar-refractivity contribution < 1.29 is 13.9 Å². The van der Waals surface area contributed by atoms with Crippen molar-refractivity contribution in [3.63, 3.8) is 0 Å². The van der Waals surface area contributed by atoms with Crippen LogP contribution in [0.5, 0.6) is 5.75 Å². The molecule has 2 aromatic rings. The molecule has 0 aliphatic carbocycles. The molecule has 1 heterocycles. The monoisotopic (exact) mass is 259 g/mol. The third-order valence-corrected chi connectivity index (χ3v) is 2.88. The largest absolute Gasteiger partial charge is 0.414 e. The number of nitrogens with one attached hydrogen (secondary N) is 1. The maximum Gasteiger partial charge on any atom is 0.412 e. The van der Waals surface area contributed by atoms with Gasteiger partial charge < -0.3 is 14.5 Å². The fourth-order valence-electron chi connectivity index (χ4n) is 1.11. The highest BCUT2D eigenvalue weighted by Crippen LogP contribution is 2.31. The van der Waals surface area contributed by atoms with Crippen LogP contribution in [-0.4, -0.2) is 13.1 Å². The first-order valence-corrected chi connectivity index (χ1v) is 5.42. The van der Waals surface area contributed by atoms with Crippen LogP contribution in [0.15, 0.2) is 21.3 Å². The van der Waals surface area contributed by atoms with Gasteiger partial charge in [-0.25, -0.2) is 9.59 Å². The van der Waals surface area contributed by atoms with E-state index in [-0.39, 0.29) is 10.8 Å². The van der Waals surface area contributed by atoms with Gasteiger partial charge in [0.25, 0.3) is 0 Å². The molecule has 1 aromatic carbocycles. The van der Waals surface area contributed by atoms with E-state index in [0.29, 0.717) is 10.3 Å². The number of fused-ring (bicyclic) bond motifs is 1. The minimum Gasteiger partial charge on any atom is -0.414 e. The van der Waals surface area contributed by atoms with E-state index in [2.05, 4.69) is 5.32 Å². The summed E-state index contributed by atoms with van der Waals surface area (Å²) in [6.45, 7) is 0. The van der Waals surface area contributed by atoms with Crippen LogP contribution in [0.25, 0.3) is 10.3 Å². The van der Waals surface area contributed by atoms with Crippen molar-refractivity contribution in [1.82, 2.24) is 5.32 Å². The second kappa shape index (κ2) is 4.15. The quantitative estimate of drug-likeness (QED) is 0.853. The van der Waals surface area contributed by atoms with Gasteiger partial charge in [-0.3, -0.25) is 0 Å². The first-order chi connectivity index (χ1) is 7.60. The number of amides is 1. The van der Waals surface area contributed by atoms with Crippen molar-refractivity contribution in [1.29, 1.82) is 0 Å². The lowest BCUT2D eigenvalue weighted by Gasteiger charge is -2.04. The fraction of sp³-hybridized carbons (Fsp3) is 0.111. The highest BCUT2D eigenvalue weighted by molar-refractivity contribution is 7.16. The molecule has 0 atom stereocenters. The Kier molecular flexibility index (Phi) is 2.84. The summed E-state index contributed by atoms with van der Waals surface area (Å²) >= 11 is 6.81. The zero-order chi connectivity index (χ0) is 11.7. The molecular formula is C9H6ClNO4S. The summed E-state index contributed by atoms with van der Waals surface area (Å²) in [5, 5.41) is 2.53. The maximum atomic E-state index is 11.0. The normalized spacial score (nSPS) is 10.4. The van der Waals surface area contributed by atoms with Crippen molar-refractivity contribution in [2.45, 2.75) is 0 Å². The molecule has 0 aliphatic rings. The van der Waals surface area contributed by atoms with Crippen LogP contribution >= 0.6 is 22.9 Å². The molecule has 0 fully saturated rings. The summed E-state index contributed by atoms with van der Waals surface area (Å²) in [6, 6.07) is 2.93. The second-order valence-electron chi connectivity index (χ2n) is 2.82. The van der Waals surface area contributed by atoms with Gasteiger partial charge in [0.1, 0.15) is 0 Å². The van der Waals surface area contributed by atoms with Gasteiger partial charge in [0.15, 0.2) is 11.3 Å². The standard InChI is InChI=1S/C9H6ClNO4S/c1-11-8(12)14-5-3-6-7(2-4(5)10)16-9(13)15-6/h2-3H,1H3,(H,11,12). The minimum absolute atomic E-state index is 0.148. The smallest absolute Gasteiger partial charge is 0.412 e. The van der Waals surface area contributed by atoms with Gasteiger partial charge in [-0.05, 0) is 6.07 Å². The van der Waals surface area contributed by atoms with Crippen molar-refractivity contribution in [3.8, 4) is 5.75 Å². The van der Waals surface area contributed by atoms with Gasteiger partial charge in [0.2, 0.25) is 0 Å². The Morgan fingerprint density at radius 3 is 3.00 bits per heavy atom. The van der Waals surface area contributed by atoms with Crippen LogP contribution in [0.3, 0.4) is 0 Å². The molecule has 5 nitrogen and oxygen atoms in total. The van der Waals surface area contributed by atoms with Gasteiger partial charge in [0.05, 0.1) is 9.72 Å². The summed E-state index contributed by atoms with van der Waals surface area (Å²) in [6.07, 6.45) is -0.640. The molecule has 1 N–H and O–H groups in total. The summed E-state index contributed by atoms with van der Waals surface area (Å²) in [7, 11) is 1.43. The number of carbonyl (C=O) groups excluding carboxylic acids is 1. The molecule has 0 aliphatic heterocycles. The average molecular weight is 260 g/mol. The number of hydrogen-bond donors (Lipinski definition) is 1. The highest BCUT2D eigenvalue weighted by atomic mass is 35.5. The van der Waals surface area contributed by atoms with Gasteiger partial charge in [-0.15, -0.1) is 0 Å². The Labute approximate surface area is 98.6 Å². The van der Waals surface area contributed by atoms with E-state index in [1.54, 1.807) is 0 Å². The van der Waals surface area contributed by atoms with Gasteiger partial charge in [-0.2, -0.15) is 0 Å². The molecule has 1 amide bonds. The Hall–Kier alpha value is -1.53. The van der Waals surface area contributed by atoms with E-state index >= 15 is 0 Å².